The number of halogens is 1. The van der Waals surface area contributed by atoms with E-state index in [9.17, 15) is 0 Å². The van der Waals surface area contributed by atoms with Gasteiger partial charge in [0.2, 0.25) is 0 Å². The van der Waals surface area contributed by atoms with Crippen LogP contribution in [0.3, 0.4) is 0 Å². The summed E-state index contributed by atoms with van der Waals surface area (Å²) in [6.45, 7) is 5.26. The van der Waals surface area contributed by atoms with Crippen LogP contribution in [0.25, 0.3) is 0 Å². The van der Waals surface area contributed by atoms with Crippen LogP contribution >= 0.6 is 11.6 Å². The second-order valence-electron chi connectivity index (χ2n) is 4.01. The van der Waals surface area contributed by atoms with Gasteiger partial charge in [0.1, 0.15) is 0 Å². The van der Waals surface area contributed by atoms with Gasteiger partial charge in [-0.15, -0.1) is 0 Å². The van der Waals surface area contributed by atoms with Crippen molar-refractivity contribution in [2.75, 3.05) is 13.6 Å². The van der Waals surface area contributed by atoms with Crippen LogP contribution in [0.4, 0.5) is 5.69 Å². The van der Waals surface area contributed by atoms with Crippen LogP contribution in [-0.2, 0) is 0 Å². The van der Waals surface area contributed by atoms with Crippen LogP contribution in [0.2, 0.25) is 5.02 Å². The number of aliphatic imine (C=N–C) groups is 1. The first-order valence-electron chi connectivity index (χ1n) is 5.64. The van der Waals surface area contributed by atoms with Gasteiger partial charge in [0.15, 0.2) is 0 Å². The second kappa shape index (κ2) is 6.54. The SMILES string of the molecule is CCCCN(C)/C=N/c1ccc(Cl)cc1C. The highest BCUT2D eigenvalue weighted by atomic mass is 35.5. The van der Waals surface area contributed by atoms with E-state index in [1.54, 1.807) is 0 Å². The van der Waals surface area contributed by atoms with Crippen molar-refractivity contribution >= 4 is 23.6 Å². The molecule has 0 N–H and O–H groups in total. The molecule has 0 aliphatic rings. The standard InChI is InChI=1S/C13H19ClN2/c1-4-5-8-16(3)10-15-13-7-6-12(14)9-11(13)2/h6-7,9-10H,4-5,8H2,1-3H3/b15-10+. The molecule has 0 atom stereocenters. The average molecular weight is 239 g/mol. The maximum Gasteiger partial charge on any atom is 0.0909 e. The normalized spacial score (nSPS) is 11.0. The molecule has 2 nitrogen and oxygen atoms in total. The summed E-state index contributed by atoms with van der Waals surface area (Å²) in [5, 5.41) is 0.760. The molecule has 0 unspecified atom stereocenters. The van der Waals surface area contributed by atoms with Crippen molar-refractivity contribution < 1.29 is 0 Å². The largest absolute Gasteiger partial charge is 0.366 e. The zero-order valence-electron chi connectivity index (χ0n) is 10.2. The zero-order valence-corrected chi connectivity index (χ0v) is 11.0. The third-order valence-corrected chi connectivity index (χ3v) is 2.65. The smallest absolute Gasteiger partial charge is 0.0909 e. The van der Waals surface area contributed by atoms with E-state index in [0.29, 0.717) is 0 Å². The fraction of sp³-hybridized carbons (Fsp3) is 0.462. The van der Waals surface area contributed by atoms with Crippen molar-refractivity contribution in [3.63, 3.8) is 0 Å². The lowest BCUT2D eigenvalue weighted by Gasteiger charge is -2.11. The molecule has 0 radical (unpaired) electrons. The van der Waals surface area contributed by atoms with Crippen molar-refractivity contribution in [2.45, 2.75) is 26.7 Å². The highest BCUT2D eigenvalue weighted by molar-refractivity contribution is 6.30. The lowest BCUT2D eigenvalue weighted by Crippen LogP contribution is -2.16. The number of hydrogen-bond donors (Lipinski definition) is 0. The van der Waals surface area contributed by atoms with Crippen molar-refractivity contribution in [2.24, 2.45) is 4.99 Å². The number of aryl methyl sites for hydroxylation is 1. The molecule has 1 rings (SSSR count). The third-order valence-electron chi connectivity index (χ3n) is 2.42. The molecule has 0 spiro atoms. The molecule has 0 fully saturated rings. The average Bonchev–Trinajstić information content (AvgIpc) is 2.25. The Hall–Kier alpha value is -1.02. The van der Waals surface area contributed by atoms with Crippen LogP contribution in [0.15, 0.2) is 23.2 Å². The molecular formula is C13H19ClN2. The van der Waals surface area contributed by atoms with Crippen molar-refractivity contribution in [1.29, 1.82) is 0 Å². The minimum atomic E-state index is 0.760. The summed E-state index contributed by atoms with van der Waals surface area (Å²) < 4.78 is 0. The van der Waals surface area contributed by atoms with E-state index in [4.69, 9.17) is 11.6 Å². The molecule has 0 saturated heterocycles. The molecule has 1 aromatic rings. The molecule has 0 aromatic heterocycles. The third kappa shape index (κ3) is 4.23. The number of benzene rings is 1. The Morgan fingerprint density at radius 1 is 1.44 bits per heavy atom. The molecule has 0 heterocycles. The van der Waals surface area contributed by atoms with Crippen molar-refractivity contribution in [3.05, 3.63) is 28.8 Å². The predicted molar refractivity (Wildman–Crippen MR) is 71.9 cm³/mol. The minimum absolute atomic E-state index is 0.760. The Bertz CT molecular complexity index is 361. The Morgan fingerprint density at radius 3 is 2.81 bits per heavy atom. The zero-order chi connectivity index (χ0) is 12.0. The first kappa shape index (κ1) is 13.0. The molecule has 88 valence electrons. The van der Waals surface area contributed by atoms with Crippen molar-refractivity contribution in [3.8, 4) is 0 Å². The van der Waals surface area contributed by atoms with E-state index >= 15 is 0 Å². The monoisotopic (exact) mass is 238 g/mol. The van der Waals surface area contributed by atoms with Crippen molar-refractivity contribution in [1.82, 2.24) is 4.90 Å². The molecule has 1 aromatic carbocycles. The molecule has 16 heavy (non-hydrogen) atoms. The highest BCUT2D eigenvalue weighted by Crippen LogP contribution is 2.21. The summed E-state index contributed by atoms with van der Waals surface area (Å²) in [6.07, 6.45) is 4.28. The Labute approximate surface area is 103 Å². The maximum absolute atomic E-state index is 5.89. The summed E-state index contributed by atoms with van der Waals surface area (Å²) in [6, 6.07) is 5.75. The fourth-order valence-electron chi connectivity index (χ4n) is 1.39. The van der Waals surface area contributed by atoms with Gasteiger partial charge in [-0.1, -0.05) is 24.9 Å². The van der Waals surface area contributed by atoms with Crippen LogP contribution in [0.5, 0.6) is 0 Å². The number of unbranched alkanes of at least 4 members (excludes halogenated alkanes) is 1. The van der Waals surface area contributed by atoms with Gasteiger partial charge in [-0.2, -0.15) is 0 Å². The fourth-order valence-corrected chi connectivity index (χ4v) is 1.62. The van der Waals surface area contributed by atoms with Gasteiger partial charge in [-0.3, -0.25) is 0 Å². The highest BCUT2D eigenvalue weighted by Gasteiger charge is 1.97. The summed E-state index contributed by atoms with van der Waals surface area (Å²) in [5.74, 6) is 0. The Kier molecular flexibility index (Phi) is 5.33. The Balaban J connectivity index is 2.61. The maximum atomic E-state index is 5.89. The summed E-state index contributed by atoms with van der Waals surface area (Å²) in [4.78, 5) is 6.55. The van der Waals surface area contributed by atoms with E-state index in [0.717, 1.165) is 22.8 Å². The quantitative estimate of drug-likeness (QED) is 0.558. The molecule has 0 aliphatic heterocycles. The van der Waals surface area contributed by atoms with Crippen LogP contribution < -0.4 is 0 Å². The summed E-state index contributed by atoms with van der Waals surface area (Å²) in [5.41, 5.74) is 2.08. The molecule has 0 saturated carbocycles. The number of rotatable bonds is 5. The molecule has 0 bridgehead atoms. The second-order valence-corrected chi connectivity index (χ2v) is 4.45. The summed E-state index contributed by atoms with van der Waals surface area (Å²) in [7, 11) is 2.05. The molecule has 0 aliphatic carbocycles. The van der Waals surface area contributed by atoms with Gasteiger partial charge < -0.3 is 4.90 Å². The van der Waals surface area contributed by atoms with E-state index in [2.05, 4.69) is 16.8 Å². The molecular weight excluding hydrogens is 220 g/mol. The first-order chi connectivity index (χ1) is 7.63. The number of hydrogen-bond acceptors (Lipinski definition) is 1. The number of nitrogens with zero attached hydrogens (tertiary/aromatic N) is 2. The topological polar surface area (TPSA) is 15.6 Å². The lowest BCUT2D eigenvalue weighted by atomic mass is 10.2. The van der Waals surface area contributed by atoms with Gasteiger partial charge in [-0.05, 0) is 37.1 Å². The van der Waals surface area contributed by atoms with E-state index in [1.807, 2.05) is 38.5 Å². The van der Waals surface area contributed by atoms with E-state index < -0.39 is 0 Å². The first-order valence-corrected chi connectivity index (χ1v) is 6.02. The van der Waals surface area contributed by atoms with Gasteiger partial charge in [0, 0.05) is 18.6 Å². The summed E-state index contributed by atoms with van der Waals surface area (Å²) >= 11 is 5.89. The molecule has 3 heteroatoms. The Morgan fingerprint density at radius 2 is 2.19 bits per heavy atom. The van der Waals surface area contributed by atoms with Gasteiger partial charge in [0.25, 0.3) is 0 Å². The van der Waals surface area contributed by atoms with Gasteiger partial charge in [0.05, 0.1) is 12.0 Å². The van der Waals surface area contributed by atoms with E-state index in [1.165, 1.54) is 12.8 Å². The molecule has 0 amide bonds. The van der Waals surface area contributed by atoms with Crippen LogP contribution in [-0.4, -0.2) is 24.8 Å². The van der Waals surface area contributed by atoms with Gasteiger partial charge >= 0.3 is 0 Å². The van der Waals surface area contributed by atoms with Crippen LogP contribution in [0.1, 0.15) is 25.3 Å². The van der Waals surface area contributed by atoms with Gasteiger partial charge in [-0.25, -0.2) is 4.99 Å². The lowest BCUT2D eigenvalue weighted by molar-refractivity contribution is 0.497. The minimum Gasteiger partial charge on any atom is -0.366 e. The van der Waals surface area contributed by atoms with E-state index in [-0.39, 0.29) is 0 Å². The van der Waals surface area contributed by atoms with Crippen LogP contribution in [0, 0.1) is 6.92 Å². The predicted octanol–water partition coefficient (Wildman–Crippen LogP) is 4.04.